The van der Waals surface area contributed by atoms with E-state index in [4.69, 9.17) is 10.7 Å². The minimum Gasteiger partial charge on any atom is -0.383 e. The summed E-state index contributed by atoms with van der Waals surface area (Å²) in [5.41, 5.74) is 7.12. The Kier molecular flexibility index (Phi) is 4.52. The van der Waals surface area contributed by atoms with Crippen molar-refractivity contribution in [1.29, 1.82) is 0 Å². The molecule has 5 nitrogen and oxygen atoms in total. The first-order valence-corrected chi connectivity index (χ1v) is 9.32. The summed E-state index contributed by atoms with van der Waals surface area (Å²) in [6.07, 6.45) is 7.96. The number of rotatable bonds is 2. The van der Waals surface area contributed by atoms with E-state index in [1.807, 2.05) is 24.3 Å². The van der Waals surface area contributed by atoms with Crippen LogP contribution in [0.15, 0.2) is 24.3 Å². The summed E-state index contributed by atoms with van der Waals surface area (Å²) in [5.74, 6) is 1.39. The number of hydrogen-bond acceptors (Lipinski definition) is 5. The lowest BCUT2D eigenvalue weighted by Gasteiger charge is -2.39. The highest BCUT2D eigenvalue weighted by atomic mass is 15.3. The van der Waals surface area contributed by atoms with Crippen molar-refractivity contribution in [1.82, 2.24) is 14.9 Å². The van der Waals surface area contributed by atoms with E-state index in [9.17, 15) is 0 Å². The Morgan fingerprint density at radius 2 is 1.71 bits per heavy atom. The van der Waals surface area contributed by atoms with E-state index in [-0.39, 0.29) is 0 Å². The van der Waals surface area contributed by atoms with Crippen LogP contribution in [-0.4, -0.2) is 47.1 Å². The Balaban J connectivity index is 1.55. The van der Waals surface area contributed by atoms with Crippen LogP contribution in [0, 0.1) is 0 Å². The number of para-hydroxylation sites is 1. The average molecular weight is 325 g/mol. The number of nitrogen functional groups attached to an aromatic ring is 1. The third-order valence-corrected chi connectivity index (χ3v) is 5.46. The van der Waals surface area contributed by atoms with E-state index < -0.39 is 0 Å². The third-order valence-electron chi connectivity index (χ3n) is 5.46. The zero-order valence-electron chi connectivity index (χ0n) is 14.3. The topological polar surface area (TPSA) is 58.3 Å². The van der Waals surface area contributed by atoms with Crippen LogP contribution in [-0.2, 0) is 0 Å². The molecular weight excluding hydrogens is 298 g/mol. The van der Waals surface area contributed by atoms with E-state index in [0.29, 0.717) is 11.9 Å². The number of nitrogens with zero attached hydrogens (tertiary/aromatic N) is 4. The van der Waals surface area contributed by atoms with Gasteiger partial charge in [-0.15, -0.1) is 0 Å². The molecule has 5 heteroatoms. The maximum absolute atomic E-state index is 6.17. The fourth-order valence-electron chi connectivity index (χ4n) is 4.12. The summed E-state index contributed by atoms with van der Waals surface area (Å²) in [7, 11) is 0. The molecule has 0 spiro atoms. The maximum atomic E-state index is 6.17. The van der Waals surface area contributed by atoms with Gasteiger partial charge in [0.1, 0.15) is 5.82 Å². The van der Waals surface area contributed by atoms with Gasteiger partial charge in [-0.1, -0.05) is 25.0 Å². The van der Waals surface area contributed by atoms with E-state index in [1.54, 1.807) is 0 Å². The average Bonchev–Trinajstić information content (AvgIpc) is 2.91. The third kappa shape index (κ3) is 3.18. The molecule has 2 fully saturated rings. The fraction of sp³-hybridized carbons (Fsp3) is 0.579. The molecule has 1 aromatic heterocycles. The van der Waals surface area contributed by atoms with Gasteiger partial charge in [0.25, 0.3) is 0 Å². The normalized spacial score (nSPS) is 23.3. The summed E-state index contributed by atoms with van der Waals surface area (Å²) in [6, 6.07) is 8.64. The summed E-state index contributed by atoms with van der Waals surface area (Å²) >= 11 is 0. The van der Waals surface area contributed by atoms with Crippen LogP contribution < -0.4 is 10.6 Å². The molecule has 0 saturated carbocycles. The highest BCUT2D eigenvalue weighted by Crippen LogP contribution is 2.25. The van der Waals surface area contributed by atoms with Gasteiger partial charge < -0.3 is 10.6 Å². The van der Waals surface area contributed by atoms with E-state index in [1.165, 1.54) is 51.6 Å². The minimum absolute atomic E-state index is 0.590. The molecule has 4 rings (SSSR count). The predicted molar refractivity (Wildman–Crippen MR) is 99.2 cm³/mol. The predicted octanol–water partition coefficient (Wildman–Crippen LogP) is 3.06. The highest BCUT2D eigenvalue weighted by molar-refractivity contribution is 5.88. The number of anilines is 2. The van der Waals surface area contributed by atoms with Gasteiger partial charge in [0.05, 0.1) is 5.52 Å². The number of fused-ring (bicyclic) bond motifs is 1. The summed E-state index contributed by atoms with van der Waals surface area (Å²) in [5, 5.41) is 0.947. The van der Waals surface area contributed by atoms with Crippen molar-refractivity contribution < 1.29 is 0 Å². The molecule has 24 heavy (non-hydrogen) atoms. The Morgan fingerprint density at radius 3 is 2.54 bits per heavy atom. The van der Waals surface area contributed by atoms with Gasteiger partial charge in [-0.25, -0.2) is 4.98 Å². The number of benzene rings is 1. The lowest BCUT2D eigenvalue weighted by molar-refractivity contribution is 0.181. The van der Waals surface area contributed by atoms with Crippen molar-refractivity contribution in [3.63, 3.8) is 0 Å². The SMILES string of the molecule is Nc1nc(N2CCCC(N3CCCCCC3)C2)nc2ccccc12. The van der Waals surface area contributed by atoms with Crippen molar-refractivity contribution in [3.8, 4) is 0 Å². The van der Waals surface area contributed by atoms with Gasteiger partial charge in [0, 0.05) is 24.5 Å². The van der Waals surface area contributed by atoms with E-state index in [2.05, 4.69) is 14.8 Å². The molecular formula is C19H27N5. The van der Waals surface area contributed by atoms with Crippen LogP contribution in [0.4, 0.5) is 11.8 Å². The molecule has 0 radical (unpaired) electrons. The monoisotopic (exact) mass is 325 g/mol. The number of likely N-dealkylation sites (tertiary alicyclic amines) is 1. The first-order chi connectivity index (χ1) is 11.8. The van der Waals surface area contributed by atoms with Crippen molar-refractivity contribution in [2.24, 2.45) is 0 Å². The lowest BCUT2D eigenvalue weighted by Crippen LogP contribution is -2.48. The summed E-state index contributed by atoms with van der Waals surface area (Å²) in [4.78, 5) is 14.4. The largest absolute Gasteiger partial charge is 0.383 e. The Morgan fingerprint density at radius 1 is 0.917 bits per heavy atom. The van der Waals surface area contributed by atoms with Crippen LogP contribution in [0.5, 0.6) is 0 Å². The number of aromatic nitrogens is 2. The molecule has 2 saturated heterocycles. The first-order valence-electron chi connectivity index (χ1n) is 9.32. The van der Waals surface area contributed by atoms with Gasteiger partial charge in [-0.05, 0) is 50.9 Å². The van der Waals surface area contributed by atoms with Crippen molar-refractivity contribution in [3.05, 3.63) is 24.3 Å². The molecule has 2 N–H and O–H groups in total. The molecule has 3 heterocycles. The molecule has 2 aliphatic heterocycles. The zero-order valence-corrected chi connectivity index (χ0v) is 14.3. The minimum atomic E-state index is 0.590. The van der Waals surface area contributed by atoms with E-state index in [0.717, 1.165) is 29.9 Å². The van der Waals surface area contributed by atoms with Crippen LogP contribution in [0.3, 0.4) is 0 Å². The molecule has 1 atom stereocenters. The van der Waals surface area contributed by atoms with Crippen LogP contribution >= 0.6 is 0 Å². The Bertz CT molecular complexity index is 693. The van der Waals surface area contributed by atoms with Crippen LogP contribution in [0.25, 0.3) is 10.9 Å². The van der Waals surface area contributed by atoms with Gasteiger partial charge >= 0.3 is 0 Å². The molecule has 0 amide bonds. The van der Waals surface area contributed by atoms with Crippen molar-refractivity contribution in [2.45, 2.75) is 44.6 Å². The molecule has 0 aliphatic carbocycles. The second-order valence-electron chi connectivity index (χ2n) is 7.12. The standard InChI is InChI=1S/C19H27N5/c20-18-16-9-3-4-10-17(16)21-19(22-18)24-13-7-8-15(14-24)23-11-5-1-2-6-12-23/h3-4,9-10,15H,1-2,5-8,11-14H2,(H2,20,21,22). The maximum Gasteiger partial charge on any atom is 0.227 e. The smallest absolute Gasteiger partial charge is 0.227 e. The second-order valence-corrected chi connectivity index (χ2v) is 7.12. The molecule has 2 aromatic rings. The zero-order chi connectivity index (χ0) is 16.4. The summed E-state index contributed by atoms with van der Waals surface area (Å²) < 4.78 is 0. The van der Waals surface area contributed by atoms with E-state index >= 15 is 0 Å². The van der Waals surface area contributed by atoms with Crippen molar-refractivity contribution >= 4 is 22.7 Å². The Labute approximate surface area is 143 Å². The van der Waals surface area contributed by atoms with Crippen LogP contribution in [0.1, 0.15) is 38.5 Å². The van der Waals surface area contributed by atoms with Gasteiger partial charge in [-0.3, -0.25) is 4.90 Å². The lowest BCUT2D eigenvalue weighted by atomic mass is 10.0. The van der Waals surface area contributed by atoms with Gasteiger partial charge in [-0.2, -0.15) is 4.98 Å². The number of nitrogens with two attached hydrogens (primary N) is 1. The number of piperidine rings is 1. The molecule has 1 aromatic carbocycles. The number of hydrogen-bond donors (Lipinski definition) is 1. The van der Waals surface area contributed by atoms with Gasteiger partial charge in [0.2, 0.25) is 5.95 Å². The summed E-state index contributed by atoms with van der Waals surface area (Å²) in [6.45, 7) is 4.55. The molecule has 0 bridgehead atoms. The fourth-order valence-corrected chi connectivity index (χ4v) is 4.12. The molecule has 128 valence electrons. The Hall–Kier alpha value is -1.88. The molecule has 1 unspecified atom stereocenters. The first kappa shape index (κ1) is 15.6. The second kappa shape index (κ2) is 6.93. The van der Waals surface area contributed by atoms with Gasteiger partial charge in [0.15, 0.2) is 0 Å². The van der Waals surface area contributed by atoms with Crippen LogP contribution in [0.2, 0.25) is 0 Å². The highest BCUT2D eigenvalue weighted by Gasteiger charge is 2.27. The quantitative estimate of drug-likeness (QED) is 0.919. The van der Waals surface area contributed by atoms with Crippen molar-refractivity contribution in [2.75, 3.05) is 36.8 Å². The molecule has 2 aliphatic rings.